The molecule has 3 nitrogen and oxygen atoms in total. The molecule has 0 heterocycles. The van der Waals surface area contributed by atoms with E-state index in [2.05, 4.69) is 20.8 Å². The van der Waals surface area contributed by atoms with Crippen molar-refractivity contribution in [3.05, 3.63) is 34.8 Å². The van der Waals surface area contributed by atoms with Gasteiger partial charge in [0.1, 0.15) is 0 Å². The fourth-order valence-electron chi connectivity index (χ4n) is 2.96. The van der Waals surface area contributed by atoms with E-state index in [1.807, 2.05) is 24.3 Å². The number of allylic oxidation sites excluding steroid dienone is 4. The van der Waals surface area contributed by atoms with Gasteiger partial charge in [0.25, 0.3) is 0 Å². The number of hydrogen-bond acceptors (Lipinski definition) is 3. The van der Waals surface area contributed by atoms with Crippen LogP contribution in [0, 0.1) is 11.8 Å². The van der Waals surface area contributed by atoms with Crippen molar-refractivity contribution >= 4 is 9.84 Å². The van der Waals surface area contributed by atoms with Crippen LogP contribution in [0.1, 0.15) is 52.9 Å². The summed E-state index contributed by atoms with van der Waals surface area (Å²) < 4.78 is 25.4. The second-order valence-electron chi connectivity index (χ2n) is 6.25. The Balaban J connectivity index is 2.92. The average Bonchev–Trinajstić information content (AvgIpc) is 2.46. The van der Waals surface area contributed by atoms with Gasteiger partial charge in [-0.3, -0.25) is 0 Å². The number of hydrogen-bond donors (Lipinski definition) is 1. The van der Waals surface area contributed by atoms with Gasteiger partial charge >= 0.3 is 0 Å². The van der Waals surface area contributed by atoms with Gasteiger partial charge < -0.3 is 5.73 Å². The first-order valence-corrected chi connectivity index (χ1v) is 10.1. The second-order valence-corrected chi connectivity index (χ2v) is 8.28. The van der Waals surface area contributed by atoms with Gasteiger partial charge in [0.2, 0.25) is 0 Å². The van der Waals surface area contributed by atoms with Crippen molar-refractivity contribution in [2.24, 2.45) is 17.6 Å². The average molecular weight is 326 g/mol. The van der Waals surface area contributed by atoms with Crippen LogP contribution in [0.5, 0.6) is 0 Å². The third kappa shape index (κ3) is 5.73. The Morgan fingerprint density at radius 2 is 1.95 bits per heavy atom. The van der Waals surface area contributed by atoms with Gasteiger partial charge in [-0.1, -0.05) is 51.8 Å². The lowest BCUT2D eigenvalue weighted by atomic mass is 9.93. The SMILES string of the molecule is CCCC(CCC)CS(=O)(=O)C1=CCC(C)C(C=CCN)=C1. The van der Waals surface area contributed by atoms with Gasteiger partial charge in [0.05, 0.1) is 10.7 Å². The maximum absolute atomic E-state index is 12.7. The summed E-state index contributed by atoms with van der Waals surface area (Å²) in [6, 6.07) is 0. The molecule has 0 amide bonds. The van der Waals surface area contributed by atoms with E-state index in [0.717, 1.165) is 37.7 Å². The van der Waals surface area contributed by atoms with Crippen molar-refractivity contribution in [3.8, 4) is 0 Å². The molecule has 1 atom stereocenters. The predicted octanol–water partition coefficient (Wildman–Crippen LogP) is 3.98. The van der Waals surface area contributed by atoms with E-state index in [9.17, 15) is 8.42 Å². The van der Waals surface area contributed by atoms with E-state index in [1.165, 1.54) is 0 Å². The zero-order valence-corrected chi connectivity index (χ0v) is 15.0. The molecular formula is C18H31NO2S. The zero-order valence-electron chi connectivity index (χ0n) is 14.2. The summed E-state index contributed by atoms with van der Waals surface area (Å²) in [5.74, 6) is 0.903. The van der Waals surface area contributed by atoms with Crippen LogP contribution in [-0.4, -0.2) is 20.7 Å². The first-order valence-electron chi connectivity index (χ1n) is 8.45. The molecule has 0 aromatic carbocycles. The molecule has 126 valence electrons. The third-order valence-electron chi connectivity index (χ3n) is 4.21. The molecule has 0 spiro atoms. The molecule has 0 saturated heterocycles. The Morgan fingerprint density at radius 3 is 2.50 bits per heavy atom. The predicted molar refractivity (Wildman–Crippen MR) is 95.2 cm³/mol. The Morgan fingerprint density at radius 1 is 1.32 bits per heavy atom. The molecule has 1 aliphatic rings. The molecule has 0 fully saturated rings. The minimum atomic E-state index is -3.19. The topological polar surface area (TPSA) is 60.2 Å². The van der Waals surface area contributed by atoms with Gasteiger partial charge in [-0.05, 0) is 42.7 Å². The molecule has 4 heteroatoms. The lowest BCUT2D eigenvalue weighted by Crippen LogP contribution is -2.19. The highest BCUT2D eigenvalue weighted by Crippen LogP contribution is 2.29. The van der Waals surface area contributed by atoms with Gasteiger partial charge in [-0.15, -0.1) is 0 Å². The number of nitrogens with two attached hydrogens (primary N) is 1. The highest BCUT2D eigenvalue weighted by atomic mass is 32.2. The monoisotopic (exact) mass is 325 g/mol. The fourth-order valence-corrected chi connectivity index (χ4v) is 4.77. The quantitative estimate of drug-likeness (QED) is 0.697. The second kappa shape index (κ2) is 9.31. The van der Waals surface area contributed by atoms with Gasteiger partial charge in [-0.2, -0.15) is 0 Å². The lowest BCUT2D eigenvalue weighted by molar-refractivity contribution is 0.475. The molecule has 22 heavy (non-hydrogen) atoms. The van der Waals surface area contributed by atoms with Crippen molar-refractivity contribution in [2.75, 3.05) is 12.3 Å². The van der Waals surface area contributed by atoms with Gasteiger partial charge in [-0.25, -0.2) is 8.42 Å². The summed E-state index contributed by atoms with van der Waals surface area (Å²) in [6.07, 6.45) is 12.4. The Kier molecular flexibility index (Phi) is 8.12. The number of sulfone groups is 1. The summed E-state index contributed by atoms with van der Waals surface area (Å²) in [5, 5.41) is 0. The standard InChI is InChI=1S/C18H31NO2S/c1-4-7-16(8-5-2)14-22(20,21)18-11-10-15(3)17(13-18)9-6-12-19/h6,9,11,13,15-16H,4-5,7-8,10,12,14,19H2,1-3H3. The van der Waals surface area contributed by atoms with E-state index in [4.69, 9.17) is 5.73 Å². The summed E-state index contributed by atoms with van der Waals surface area (Å²) >= 11 is 0. The largest absolute Gasteiger partial charge is 0.327 e. The number of rotatable bonds is 9. The van der Waals surface area contributed by atoms with E-state index in [-0.39, 0.29) is 11.7 Å². The van der Waals surface area contributed by atoms with Crippen molar-refractivity contribution < 1.29 is 8.42 Å². The smallest absolute Gasteiger partial charge is 0.178 e. The highest BCUT2D eigenvalue weighted by Gasteiger charge is 2.24. The molecule has 1 rings (SSSR count). The Hall–Kier alpha value is -0.870. The molecule has 2 N–H and O–H groups in total. The van der Waals surface area contributed by atoms with Crippen molar-refractivity contribution in [3.63, 3.8) is 0 Å². The van der Waals surface area contributed by atoms with Crippen LogP contribution < -0.4 is 5.73 Å². The van der Waals surface area contributed by atoms with Gasteiger partial charge in [0, 0.05) is 6.54 Å². The van der Waals surface area contributed by atoms with Gasteiger partial charge in [0.15, 0.2) is 9.84 Å². The van der Waals surface area contributed by atoms with E-state index >= 15 is 0 Å². The summed E-state index contributed by atoms with van der Waals surface area (Å²) in [4.78, 5) is 0.500. The normalized spacial score (nSPS) is 19.6. The highest BCUT2D eigenvalue weighted by molar-refractivity contribution is 7.95. The van der Waals surface area contributed by atoms with Crippen LogP contribution in [0.2, 0.25) is 0 Å². The van der Waals surface area contributed by atoms with Crippen LogP contribution >= 0.6 is 0 Å². The zero-order chi connectivity index (χ0) is 16.6. The third-order valence-corrected chi connectivity index (χ3v) is 6.12. The summed E-state index contributed by atoms with van der Waals surface area (Å²) in [7, 11) is -3.19. The van der Waals surface area contributed by atoms with E-state index in [1.54, 1.807) is 0 Å². The van der Waals surface area contributed by atoms with Crippen LogP contribution in [-0.2, 0) is 9.84 Å². The molecule has 1 aliphatic carbocycles. The summed E-state index contributed by atoms with van der Waals surface area (Å²) in [5.41, 5.74) is 6.56. The van der Waals surface area contributed by atoms with E-state index in [0.29, 0.717) is 17.4 Å². The molecular weight excluding hydrogens is 294 g/mol. The molecule has 0 aliphatic heterocycles. The molecule has 0 bridgehead atoms. The molecule has 0 radical (unpaired) electrons. The Bertz CT molecular complexity index is 523. The van der Waals surface area contributed by atoms with Crippen LogP contribution in [0.25, 0.3) is 0 Å². The summed E-state index contributed by atoms with van der Waals surface area (Å²) in [6.45, 7) is 6.83. The van der Waals surface area contributed by atoms with Crippen molar-refractivity contribution in [2.45, 2.75) is 52.9 Å². The van der Waals surface area contributed by atoms with E-state index < -0.39 is 9.84 Å². The van der Waals surface area contributed by atoms with Crippen molar-refractivity contribution in [1.29, 1.82) is 0 Å². The fraction of sp³-hybridized carbons (Fsp3) is 0.667. The maximum atomic E-state index is 12.7. The lowest BCUT2D eigenvalue weighted by Gasteiger charge is -2.20. The minimum absolute atomic E-state index is 0.275. The van der Waals surface area contributed by atoms with Crippen LogP contribution in [0.3, 0.4) is 0 Å². The molecule has 0 aromatic rings. The Labute approximate surface area is 136 Å². The minimum Gasteiger partial charge on any atom is -0.327 e. The first kappa shape index (κ1) is 19.2. The maximum Gasteiger partial charge on any atom is 0.178 e. The van der Waals surface area contributed by atoms with Crippen LogP contribution in [0.4, 0.5) is 0 Å². The first-order chi connectivity index (χ1) is 10.4. The molecule has 0 saturated carbocycles. The molecule has 0 aromatic heterocycles. The van der Waals surface area contributed by atoms with Crippen molar-refractivity contribution in [1.82, 2.24) is 0 Å². The van der Waals surface area contributed by atoms with Crippen LogP contribution in [0.15, 0.2) is 34.8 Å². The molecule has 1 unspecified atom stereocenters.